The van der Waals surface area contributed by atoms with Crippen molar-refractivity contribution in [1.29, 1.82) is 5.26 Å². The van der Waals surface area contributed by atoms with Crippen LogP contribution in [0.4, 0.5) is 0 Å². The van der Waals surface area contributed by atoms with Crippen molar-refractivity contribution in [2.45, 2.75) is 25.7 Å². The number of nitrogens with zero attached hydrogens (tertiary/aromatic N) is 3. The molecule has 0 saturated heterocycles. The SMILES string of the molecule is CC1(C)c2cc(C#N)ccc2-c2ccc(-c3cccc4c3-c3cc(-c5ccc6ccc7cccnc7c6n5)ccc3C4)cc21. The molecule has 0 amide bonds. The van der Waals surface area contributed by atoms with Gasteiger partial charge in [-0.3, -0.25) is 4.98 Å². The lowest BCUT2D eigenvalue weighted by Gasteiger charge is -2.22. The van der Waals surface area contributed by atoms with Crippen LogP contribution in [0.15, 0.2) is 115 Å². The molecule has 0 saturated carbocycles. The highest BCUT2D eigenvalue weighted by Crippen LogP contribution is 2.51. The number of fused-ring (bicyclic) bond motifs is 9. The van der Waals surface area contributed by atoms with Crippen LogP contribution in [0, 0.1) is 11.3 Å². The lowest BCUT2D eigenvalue weighted by Crippen LogP contribution is -2.15. The van der Waals surface area contributed by atoms with Gasteiger partial charge in [0.1, 0.15) is 0 Å². The van der Waals surface area contributed by atoms with Crippen LogP contribution < -0.4 is 0 Å². The zero-order valence-corrected chi connectivity index (χ0v) is 24.5. The fourth-order valence-electron chi connectivity index (χ4n) is 7.49. The number of rotatable bonds is 2. The predicted octanol–water partition coefficient (Wildman–Crippen LogP) is 9.87. The van der Waals surface area contributed by atoms with Crippen LogP contribution in [0.2, 0.25) is 0 Å². The van der Waals surface area contributed by atoms with Crippen molar-refractivity contribution in [3.8, 4) is 50.7 Å². The van der Waals surface area contributed by atoms with Crippen molar-refractivity contribution in [3.05, 3.63) is 143 Å². The van der Waals surface area contributed by atoms with Crippen LogP contribution in [0.1, 0.15) is 41.7 Å². The Morgan fingerprint density at radius 1 is 0.636 bits per heavy atom. The zero-order valence-electron chi connectivity index (χ0n) is 24.5. The van der Waals surface area contributed by atoms with Crippen LogP contribution in [0.5, 0.6) is 0 Å². The Balaban J connectivity index is 1.17. The van der Waals surface area contributed by atoms with Crippen molar-refractivity contribution in [3.63, 3.8) is 0 Å². The molecule has 0 aliphatic heterocycles. The van der Waals surface area contributed by atoms with Gasteiger partial charge in [0.25, 0.3) is 0 Å². The first kappa shape index (κ1) is 25.0. The van der Waals surface area contributed by atoms with Gasteiger partial charge in [-0.15, -0.1) is 0 Å². The van der Waals surface area contributed by atoms with Crippen LogP contribution in [-0.2, 0) is 11.8 Å². The molecular weight excluding hydrogens is 534 g/mol. The van der Waals surface area contributed by atoms with Crippen molar-refractivity contribution >= 4 is 21.8 Å². The molecule has 2 aliphatic rings. The van der Waals surface area contributed by atoms with E-state index in [1.54, 1.807) is 0 Å². The smallest absolute Gasteiger partial charge is 0.0991 e. The number of pyridine rings is 2. The molecule has 2 aromatic heterocycles. The molecule has 206 valence electrons. The van der Waals surface area contributed by atoms with Gasteiger partial charge in [0.05, 0.1) is 28.4 Å². The Morgan fingerprint density at radius 2 is 1.41 bits per heavy atom. The molecule has 0 unspecified atom stereocenters. The molecule has 0 atom stereocenters. The van der Waals surface area contributed by atoms with Gasteiger partial charge in [-0.1, -0.05) is 86.6 Å². The minimum absolute atomic E-state index is 0.183. The van der Waals surface area contributed by atoms with Crippen molar-refractivity contribution in [2.24, 2.45) is 0 Å². The molecule has 2 aliphatic carbocycles. The van der Waals surface area contributed by atoms with E-state index in [1.165, 1.54) is 55.6 Å². The topological polar surface area (TPSA) is 49.6 Å². The highest BCUT2D eigenvalue weighted by atomic mass is 14.7. The molecule has 0 N–H and O–H groups in total. The Bertz CT molecular complexity index is 2410. The number of hydrogen-bond acceptors (Lipinski definition) is 3. The molecule has 3 heteroatoms. The summed E-state index contributed by atoms with van der Waals surface area (Å²) in [6.45, 7) is 4.55. The number of hydrogen-bond donors (Lipinski definition) is 0. The van der Waals surface area contributed by atoms with E-state index in [-0.39, 0.29) is 5.41 Å². The van der Waals surface area contributed by atoms with E-state index in [4.69, 9.17) is 4.98 Å². The maximum atomic E-state index is 9.54. The molecule has 44 heavy (non-hydrogen) atoms. The predicted molar refractivity (Wildman–Crippen MR) is 178 cm³/mol. The summed E-state index contributed by atoms with van der Waals surface area (Å²) in [7, 11) is 0. The van der Waals surface area contributed by atoms with Gasteiger partial charge < -0.3 is 0 Å². The molecular formula is C41H27N3. The second-order valence-electron chi connectivity index (χ2n) is 12.6. The number of benzene rings is 5. The highest BCUT2D eigenvalue weighted by molar-refractivity contribution is 6.03. The third-order valence-electron chi connectivity index (χ3n) is 9.75. The lowest BCUT2D eigenvalue weighted by atomic mass is 9.81. The lowest BCUT2D eigenvalue weighted by molar-refractivity contribution is 0.660. The normalized spacial score (nSPS) is 13.8. The summed E-state index contributed by atoms with van der Waals surface area (Å²) in [5, 5.41) is 11.7. The fraction of sp³-hybridized carbons (Fsp3) is 0.0976. The summed E-state index contributed by atoms with van der Waals surface area (Å²) in [4.78, 5) is 9.80. The van der Waals surface area contributed by atoms with Gasteiger partial charge in [-0.05, 0) is 98.5 Å². The Hall–Kier alpha value is -5.59. The molecule has 0 spiro atoms. The third-order valence-corrected chi connectivity index (χ3v) is 9.75. The molecule has 0 radical (unpaired) electrons. The van der Waals surface area contributed by atoms with Crippen molar-refractivity contribution in [1.82, 2.24) is 9.97 Å². The van der Waals surface area contributed by atoms with Crippen LogP contribution in [0.3, 0.4) is 0 Å². The van der Waals surface area contributed by atoms with E-state index in [0.29, 0.717) is 5.56 Å². The first-order chi connectivity index (χ1) is 21.5. The van der Waals surface area contributed by atoms with Crippen LogP contribution in [-0.4, -0.2) is 9.97 Å². The number of nitriles is 1. The summed E-state index contributed by atoms with van der Waals surface area (Å²) in [6, 6.07) is 41.4. The van der Waals surface area contributed by atoms with Gasteiger partial charge in [0.2, 0.25) is 0 Å². The zero-order chi connectivity index (χ0) is 29.6. The maximum absolute atomic E-state index is 9.54. The third kappa shape index (κ3) is 3.49. The average molecular weight is 562 g/mol. The molecule has 9 rings (SSSR count). The van der Waals surface area contributed by atoms with E-state index in [9.17, 15) is 5.26 Å². The van der Waals surface area contributed by atoms with Crippen molar-refractivity contribution in [2.75, 3.05) is 0 Å². The highest BCUT2D eigenvalue weighted by Gasteiger charge is 2.36. The minimum Gasteiger partial charge on any atom is -0.254 e. The maximum Gasteiger partial charge on any atom is 0.0991 e. The molecule has 5 aromatic carbocycles. The molecule has 0 fully saturated rings. The van der Waals surface area contributed by atoms with Crippen LogP contribution >= 0.6 is 0 Å². The summed E-state index contributed by atoms with van der Waals surface area (Å²) >= 11 is 0. The van der Waals surface area contributed by atoms with Gasteiger partial charge in [-0.2, -0.15) is 5.26 Å². The summed E-state index contributed by atoms with van der Waals surface area (Å²) < 4.78 is 0. The van der Waals surface area contributed by atoms with Gasteiger partial charge in [0.15, 0.2) is 0 Å². The molecule has 7 aromatic rings. The summed E-state index contributed by atoms with van der Waals surface area (Å²) in [5.41, 5.74) is 17.3. The summed E-state index contributed by atoms with van der Waals surface area (Å²) in [5.74, 6) is 0. The Morgan fingerprint density at radius 3 is 2.27 bits per heavy atom. The first-order valence-corrected chi connectivity index (χ1v) is 15.1. The first-order valence-electron chi connectivity index (χ1n) is 15.1. The van der Waals surface area contributed by atoms with E-state index in [2.05, 4.69) is 122 Å². The standard InChI is InChI=1S/C41H27N3/c1-41(2)35-19-24(23-42)8-15-32(35)33-16-13-28(22-36(33)41)31-7-3-5-30-20-27-11-12-29(21-34(27)38(30)31)37-17-14-26-10-9-25-6-4-18-43-39(25)40(26)44-37/h3-19,21-22H,20H2,1-2H3. The van der Waals surface area contributed by atoms with Crippen LogP contribution in [0.25, 0.3) is 66.4 Å². The fourth-order valence-corrected chi connectivity index (χ4v) is 7.49. The summed E-state index contributed by atoms with van der Waals surface area (Å²) in [6.07, 6.45) is 2.77. The van der Waals surface area contributed by atoms with Gasteiger partial charge >= 0.3 is 0 Å². The largest absolute Gasteiger partial charge is 0.254 e. The Kier molecular flexibility index (Phi) is 5.08. The minimum atomic E-state index is -0.183. The van der Waals surface area contributed by atoms with E-state index >= 15 is 0 Å². The van der Waals surface area contributed by atoms with Crippen molar-refractivity contribution < 1.29 is 0 Å². The second-order valence-corrected chi connectivity index (χ2v) is 12.6. The monoisotopic (exact) mass is 561 g/mol. The quantitative estimate of drug-likeness (QED) is 0.197. The molecule has 2 heterocycles. The molecule has 3 nitrogen and oxygen atoms in total. The van der Waals surface area contributed by atoms with E-state index in [1.807, 2.05) is 18.3 Å². The van der Waals surface area contributed by atoms with E-state index in [0.717, 1.165) is 39.5 Å². The number of aromatic nitrogens is 2. The van der Waals surface area contributed by atoms with Gasteiger partial charge in [0, 0.05) is 27.9 Å². The molecule has 0 bridgehead atoms. The second kappa shape index (κ2) is 8.96. The average Bonchev–Trinajstić information content (AvgIpc) is 3.55. The Labute approximate surface area is 256 Å². The van der Waals surface area contributed by atoms with E-state index < -0.39 is 0 Å². The van der Waals surface area contributed by atoms with Gasteiger partial charge in [-0.25, -0.2) is 4.98 Å².